The normalized spacial score (nSPS) is 17.8. The number of aryl methyl sites for hydroxylation is 1. The minimum absolute atomic E-state index is 0.0184. The summed E-state index contributed by atoms with van der Waals surface area (Å²) < 4.78 is 1.88. The first-order chi connectivity index (χ1) is 16.7. The van der Waals surface area contributed by atoms with Gasteiger partial charge in [0.05, 0.1) is 5.69 Å². The number of piperidine rings is 1. The third-order valence-corrected chi connectivity index (χ3v) is 6.56. The Hall–Kier alpha value is -3.95. The zero-order chi connectivity index (χ0) is 25.1. The molecule has 1 aromatic carbocycles. The number of nitrogens with zero attached hydrogens (tertiary/aromatic N) is 6. The second kappa shape index (κ2) is 10.1. The third-order valence-electron chi connectivity index (χ3n) is 6.56. The first-order valence-corrected chi connectivity index (χ1v) is 11.7. The van der Waals surface area contributed by atoms with Crippen LogP contribution in [-0.2, 0) is 7.05 Å². The largest absolute Gasteiger partial charge is 0.378 e. The van der Waals surface area contributed by atoms with E-state index in [1.807, 2.05) is 73.3 Å². The number of primary amides is 1. The number of carbonyl (C=O) groups excluding carboxylic acids is 2. The van der Waals surface area contributed by atoms with Gasteiger partial charge in [-0.15, -0.1) is 10.2 Å². The highest BCUT2D eigenvalue weighted by Crippen LogP contribution is 2.31. The molecule has 3 aromatic rings. The standard InChI is InChI=1S/C25H32N8O2/c1-16-18(14-21(34)17-7-9-20(10-8-17)31(2)3)6-5-12-33(16)25-28-24(22(23(26)35)29-30-25)27-19-11-13-32(4)15-19/h7-11,13,15-16,18H,5-6,12,14H2,1-4H3,(H2,26,35)(H,27,28,30)/t16-,18+/m1/s1. The Labute approximate surface area is 205 Å². The van der Waals surface area contributed by atoms with Gasteiger partial charge in [-0.1, -0.05) is 0 Å². The van der Waals surface area contributed by atoms with E-state index in [1.54, 1.807) is 0 Å². The van der Waals surface area contributed by atoms with E-state index < -0.39 is 5.91 Å². The molecule has 3 heterocycles. The molecule has 1 aliphatic heterocycles. The summed E-state index contributed by atoms with van der Waals surface area (Å²) >= 11 is 0. The van der Waals surface area contributed by atoms with Gasteiger partial charge in [-0.25, -0.2) is 0 Å². The summed E-state index contributed by atoms with van der Waals surface area (Å²) in [5.41, 5.74) is 8.03. The second-order valence-corrected chi connectivity index (χ2v) is 9.27. The fourth-order valence-corrected chi connectivity index (χ4v) is 4.49. The molecule has 1 amide bonds. The van der Waals surface area contributed by atoms with Crippen molar-refractivity contribution in [3.63, 3.8) is 0 Å². The van der Waals surface area contributed by atoms with Crippen LogP contribution in [0.3, 0.4) is 0 Å². The van der Waals surface area contributed by atoms with Gasteiger partial charge in [0.1, 0.15) is 0 Å². The molecule has 4 rings (SSSR count). The third kappa shape index (κ3) is 5.42. The maximum absolute atomic E-state index is 13.0. The van der Waals surface area contributed by atoms with Crippen LogP contribution in [0.2, 0.25) is 0 Å². The zero-order valence-electron chi connectivity index (χ0n) is 20.6. The monoisotopic (exact) mass is 476 g/mol. The van der Waals surface area contributed by atoms with E-state index in [9.17, 15) is 9.59 Å². The van der Waals surface area contributed by atoms with Crippen molar-refractivity contribution in [3.8, 4) is 0 Å². The van der Waals surface area contributed by atoms with Crippen LogP contribution in [0, 0.1) is 5.92 Å². The molecule has 184 valence electrons. The summed E-state index contributed by atoms with van der Waals surface area (Å²) in [5, 5.41) is 11.4. The van der Waals surface area contributed by atoms with Crippen LogP contribution in [0.5, 0.6) is 0 Å². The van der Waals surface area contributed by atoms with Crippen LogP contribution in [-0.4, -0.2) is 58.1 Å². The van der Waals surface area contributed by atoms with Gasteiger partial charge in [-0.05, 0) is 56.0 Å². The second-order valence-electron chi connectivity index (χ2n) is 9.27. The van der Waals surface area contributed by atoms with Gasteiger partial charge >= 0.3 is 0 Å². The molecule has 3 N–H and O–H groups in total. The van der Waals surface area contributed by atoms with Crippen molar-refractivity contribution in [1.29, 1.82) is 0 Å². The number of Topliss-reactive ketones (excluding diaryl/α,β-unsaturated/α-hetero) is 1. The molecule has 10 heteroatoms. The van der Waals surface area contributed by atoms with E-state index in [1.165, 1.54) is 0 Å². The number of anilines is 4. The number of hydrogen-bond donors (Lipinski definition) is 2. The van der Waals surface area contributed by atoms with Crippen molar-refractivity contribution in [2.75, 3.05) is 35.8 Å². The van der Waals surface area contributed by atoms with Crippen LogP contribution in [0.1, 0.15) is 47.0 Å². The molecule has 0 unspecified atom stereocenters. The molecule has 1 fully saturated rings. The number of aromatic nitrogens is 4. The van der Waals surface area contributed by atoms with Gasteiger partial charge in [0.25, 0.3) is 5.91 Å². The Morgan fingerprint density at radius 1 is 1.17 bits per heavy atom. The lowest BCUT2D eigenvalue weighted by molar-refractivity contribution is 0.0944. The van der Waals surface area contributed by atoms with Crippen LogP contribution >= 0.6 is 0 Å². The van der Waals surface area contributed by atoms with Crippen LogP contribution in [0.4, 0.5) is 23.1 Å². The van der Waals surface area contributed by atoms with Gasteiger partial charge < -0.3 is 25.4 Å². The number of amides is 1. The average Bonchev–Trinajstić information content (AvgIpc) is 3.24. The van der Waals surface area contributed by atoms with E-state index in [-0.39, 0.29) is 29.3 Å². The number of benzene rings is 1. The molecule has 10 nitrogen and oxygen atoms in total. The lowest BCUT2D eigenvalue weighted by Crippen LogP contribution is -2.45. The van der Waals surface area contributed by atoms with E-state index in [2.05, 4.69) is 32.3 Å². The molecule has 1 saturated heterocycles. The van der Waals surface area contributed by atoms with Crippen LogP contribution in [0.15, 0.2) is 42.7 Å². The summed E-state index contributed by atoms with van der Waals surface area (Å²) in [7, 11) is 5.85. The molecule has 2 atom stereocenters. The minimum Gasteiger partial charge on any atom is -0.378 e. The highest BCUT2D eigenvalue weighted by molar-refractivity contribution is 5.97. The average molecular weight is 477 g/mol. The number of nitrogens with two attached hydrogens (primary N) is 1. The molecule has 0 radical (unpaired) electrons. The van der Waals surface area contributed by atoms with Crippen molar-refractivity contribution in [2.24, 2.45) is 18.7 Å². The Morgan fingerprint density at radius 3 is 2.54 bits per heavy atom. The van der Waals surface area contributed by atoms with Crippen LogP contribution in [0.25, 0.3) is 0 Å². The summed E-state index contributed by atoms with van der Waals surface area (Å²) in [6.45, 7) is 2.83. The topological polar surface area (TPSA) is 122 Å². The summed E-state index contributed by atoms with van der Waals surface area (Å²) in [5.74, 6) is 0.247. The lowest BCUT2D eigenvalue weighted by Gasteiger charge is -2.39. The predicted octanol–water partition coefficient (Wildman–Crippen LogP) is 3.00. The van der Waals surface area contributed by atoms with E-state index in [0.29, 0.717) is 12.4 Å². The SMILES string of the molecule is C[C@@H]1[C@H](CC(=O)c2ccc(N(C)C)cc2)CCCN1c1nnc(C(N)=O)c(Nc2ccn(C)c2)n1. The molecule has 2 aromatic heterocycles. The fourth-order valence-electron chi connectivity index (χ4n) is 4.49. The summed E-state index contributed by atoms with van der Waals surface area (Å²) in [6, 6.07) is 9.60. The molecule has 1 aliphatic rings. The predicted molar refractivity (Wildman–Crippen MR) is 136 cm³/mol. The van der Waals surface area contributed by atoms with Crippen molar-refractivity contribution in [2.45, 2.75) is 32.2 Å². The Balaban J connectivity index is 1.52. The molecular formula is C25H32N8O2. The van der Waals surface area contributed by atoms with Crippen molar-refractivity contribution in [3.05, 3.63) is 54.0 Å². The zero-order valence-corrected chi connectivity index (χ0v) is 20.6. The first-order valence-electron chi connectivity index (χ1n) is 11.7. The lowest BCUT2D eigenvalue weighted by atomic mass is 9.85. The fraction of sp³-hybridized carbons (Fsp3) is 0.400. The van der Waals surface area contributed by atoms with Gasteiger partial charge in [0, 0.05) is 63.8 Å². The molecule has 35 heavy (non-hydrogen) atoms. The maximum Gasteiger partial charge on any atom is 0.273 e. The minimum atomic E-state index is -0.703. The van der Waals surface area contributed by atoms with Gasteiger partial charge in [-0.3, -0.25) is 9.59 Å². The number of nitrogens with one attached hydrogen (secondary N) is 1. The molecule has 0 bridgehead atoms. The smallest absolute Gasteiger partial charge is 0.273 e. The van der Waals surface area contributed by atoms with Gasteiger partial charge in [-0.2, -0.15) is 4.98 Å². The molecule has 0 aliphatic carbocycles. The Bertz CT molecular complexity index is 1200. The first kappa shape index (κ1) is 24.2. The van der Waals surface area contributed by atoms with Crippen molar-refractivity contribution < 1.29 is 9.59 Å². The van der Waals surface area contributed by atoms with E-state index in [0.717, 1.165) is 36.3 Å². The number of hydrogen-bond acceptors (Lipinski definition) is 8. The summed E-state index contributed by atoms with van der Waals surface area (Å²) in [6.07, 6.45) is 6.04. The van der Waals surface area contributed by atoms with Crippen LogP contribution < -0.4 is 20.9 Å². The highest BCUT2D eigenvalue weighted by atomic mass is 16.1. The quantitative estimate of drug-likeness (QED) is 0.476. The van der Waals surface area contributed by atoms with Crippen molar-refractivity contribution >= 4 is 34.8 Å². The van der Waals surface area contributed by atoms with Crippen molar-refractivity contribution in [1.82, 2.24) is 19.7 Å². The molecule has 0 saturated carbocycles. The van der Waals surface area contributed by atoms with Gasteiger partial charge in [0.2, 0.25) is 5.95 Å². The number of rotatable bonds is 8. The Kier molecular flexibility index (Phi) is 6.99. The molecular weight excluding hydrogens is 444 g/mol. The Morgan fingerprint density at radius 2 is 1.91 bits per heavy atom. The van der Waals surface area contributed by atoms with E-state index in [4.69, 9.17) is 5.73 Å². The summed E-state index contributed by atoms with van der Waals surface area (Å²) in [4.78, 5) is 33.6. The maximum atomic E-state index is 13.0. The van der Waals surface area contributed by atoms with E-state index >= 15 is 0 Å². The highest BCUT2D eigenvalue weighted by Gasteiger charge is 2.32. The number of ketones is 1. The number of carbonyl (C=O) groups is 2. The molecule has 0 spiro atoms. The van der Waals surface area contributed by atoms with Gasteiger partial charge in [0.15, 0.2) is 17.3 Å².